The summed E-state index contributed by atoms with van der Waals surface area (Å²) in [7, 11) is 0. The molecule has 0 aliphatic heterocycles. The van der Waals surface area contributed by atoms with Gasteiger partial charge in [-0.1, -0.05) is 28.1 Å². The third-order valence-electron chi connectivity index (χ3n) is 3.56. The number of allylic oxidation sites excluding steroid dienone is 1. The van der Waals surface area contributed by atoms with Crippen molar-refractivity contribution in [3.05, 3.63) is 62.9 Å². The summed E-state index contributed by atoms with van der Waals surface area (Å²) in [5, 5.41) is 28.5. The summed E-state index contributed by atoms with van der Waals surface area (Å²) in [6.07, 6.45) is 1.40. The smallest absolute Gasteiger partial charge is 0.339 e. The predicted molar refractivity (Wildman–Crippen MR) is 110 cm³/mol. The molecule has 1 aromatic heterocycles. The lowest BCUT2D eigenvalue weighted by atomic mass is 10.2. The Labute approximate surface area is 166 Å². The fourth-order valence-corrected chi connectivity index (χ4v) is 3.26. The molecule has 2 aromatic carbocycles. The molecule has 0 amide bonds. The highest BCUT2D eigenvalue weighted by atomic mass is 79.9. The van der Waals surface area contributed by atoms with Crippen molar-refractivity contribution >= 4 is 56.6 Å². The normalized spacial score (nSPS) is 10.7. The minimum Gasteiger partial charge on any atom is -0.507 e. The lowest BCUT2D eigenvalue weighted by molar-refractivity contribution is 0.0694. The Morgan fingerprint density at radius 3 is 2.67 bits per heavy atom. The molecular formula is C19H12BrN3O3S. The molecule has 8 heteroatoms. The quantitative estimate of drug-likeness (QED) is 0.483. The van der Waals surface area contributed by atoms with Gasteiger partial charge in [0.2, 0.25) is 0 Å². The molecule has 27 heavy (non-hydrogen) atoms. The van der Waals surface area contributed by atoms with Crippen LogP contribution in [0.3, 0.4) is 0 Å². The highest BCUT2D eigenvalue weighted by Gasteiger charge is 2.11. The number of hydrogen-bond donors (Lipinski definition) is 3. The molecule has 0 fully saturated rings. The first-order chi connectivity index (χ1) is 13.0. The maximum atomic E-state index is 11.1. The van der Waals surface area contributed by atoms with Crippen LogP contribution in [0.25, 0.3) is 16.8 Å². The van der Waals surface area contributed by atoms with E-state index in [0.29, 0.717) is 16.3 Å². The number of carbonyl (C=O) groups is 1. The Balaban J connectivity index is 1.85. The van der Waals surface area contributed by atoms with Gasteiger partial charge in [-0.25, -0.2) is 9.78 Å². The third kappa shape index (κ3) is 4.38. The number of nitrogens with one attached hydrogen (secondary N) is 1. The molecule has 3 N–H and O–H groups in total. The Morgan fingerprint density at radius 1 is 1.26 bits per heavy atom. The van der Waals surface area contributed by atoms with E-state index >= 15 is 0 Å². The number of carboxylic acid groups (broad SMARTS) is 1. The van der Waals surface area contributed by atoms with Crippen LogP contribution in [-0.2, 0) is 0 Å². The molecule has 0 aliphatic carbocycles. The maximum absolute atomic E-state index is 11.1. The molecule has 3 aromatic rings. The van der Waals surface area contributed by atoms with Gasteiger partial charge in [0.1, 0.15) is 16.3 Å². The van der Waals surface area contributed by atoms with Crippen molar-refractivity contribution in [2.45, 2.75) is 0 Å². The summed E-state index contributed by atoms with van der Waals surface area (Å²) in [5.41, 5.74) is 2.20. The van der Waals surface area contributed by atoms with Crippen molar-refractivity contribution in [1.82, 2.24) is 4.98 Å². The van der Waals surface area contributed by atoms with Crippen molar-refractivity contribution in [2.24, 2.45) is 4.99 Å². The van der Waals surface area contributed by atoms with Gasteiger partial charge in [0.15, 0.2) is 0 Å². The molecule has 0 aliphatic rings. The van der Waals surface area contributed by atoms with Gasteiger partial charge in [0.05, 0.1) is 17.0 Å². The molecule has 0 saturated heterocycles. The van der Waals surface area contributed by atoms with E-state index in [-0.39, 0.29) is 11.3 Å². The Bertz CT molecular complexity index is 1080. The molecule has 0 unspecified atom stereocenters. The highest BCUT2D eigenvalue weighted by molar-refractivity contribution is 9.10. The van der Waals surface area contributed by atoms with E-state index in [9.17, 15) is 9.90 Å². The number of aromatic carboxylic acids is 1. The number of benzene rings is 2. The Morgan fingerprint density at radius 2 is 2.00 bits per heavy atom. The highest BCUT2D eigenvalue weighted by Crippen LogP contribution is 2.27. The van der Waals surface area contributed by atoms with Crippen LogP contribution in [0.15, 0.2) is 57.3 Å². The summed E-state index contributed by atoms with van der Waals surface area (Å²) in [6, 6.07) is 11.7. The first-order valence-electron chi connectivity index (χ1n) is 7.60. The van der Waals surface area contributed by atoms with Crippen molar-refractivity contribution < 1.29 is 15.0 Å². The minimum atomic E-state index is -1.24. The number of carboxylic acids is 1. The number of hydrogen-bond acceptors (Lipinski definition) is 6. The van der Waals surface area contributed by atoms with Crippen LogP contribution >= 0.6 is 27.3 Å². The number of aromatic hydroxyl groups is 1. The van der Waals surface area contributed by atoms with Gasteiger partial charge in [0.25, 0.3) is 0 Å². The van der Waals surface area contributed by atoms with E-state index < -0.39 is 5.97 Å². The van der Waals surface area contributed by atoms with Crippen LogP contribution < -0.4 is 0 Å². The summed E-state index contributed by atoms with van der Waals surface area (Å²) in [6.45, 7) is 0. The van der Waals surface area contributed by atoms with Crippen molar-refractivity contribution in [2.75, 3.05) is 0 Å². The SMILES string of the molecule is N=C=C(C=Nc1ccc(O)c(C(=O)O)c1)c1nc(-c2ccc(Br)cc2)cs1. The van der Waals surface area contributed by atoms with E-state index in [2.05, 4.69) is 31.8 Å². The van der Waals surface area contributed by atoms with Crippen LogP contribution in [0.5, 0.6) is 5.75 Å². The van der Waals surface area contributed by atoms with Gasteiger partial charge in [-0.05, 0) is 36.2 Å². The zero-order valence-electron chi connectivity index (χ0n) is 13.7. The topological polar surface area (TPSA) is 107 Å². The van der Waals surface area contributed by atoms with Gasteiger partial charge in [-0.15, -0.1) is 11.3 Å². The number of aromatic nitrogens is 1. The summed E-state index contributed by atoms with van der Waals surface area (Å²) < 4.78 is 0.976. The van der Waals surface area contributed by atoms with Crippen LogP contribution in [0, 0.1) is 5.41 Å². The molecule has 0 bridgehead atoms. The second-order valence-electron chi connectivity index (χ2n) is 5.35. The lowest BCUT2D eigenvalue weighted by Crippen LogP contribution is -1.96. The fourth-order valence-electron chi connectivity index (χ4n) is 2.21. The molecule has 134 valence electrons. The van der Waals surface area contributed by atoms with E-state index in [4.69, 9.17) is 10.5 Å². The maximum Gasteiger partial charge on any atom is 0.339 e. The average molecular weight is 442 g/mol. The first-order valence-corrected chi connectivity index (χ1v) is 9.27. The number of aliphatic imine (C=N–C) groups is 1. The molecule has 0 atom stereocenters. The van der Waals surface area contributed by atoms with Crippen LogP contribution in [0.4, 0.5) is 5.69 Å². The summed E-state index contributed by atoms with van der Waals surface area (Å²) in [5.74, 6) is 0.729. The van der Waals surface area contributed by atoms with Gasteiger partial charge in [-0.3, -0.25) is 10.4 Å². The van der Waals surface area contributed by atoms with Crippen LogP contribution in [0.1, 0.15) is 15.4 Å². The predicted octanol–water partition coefficient (Wildman–Crippen LogP) is 5.01. The number of halogens is 1. The van der Waals surface area contributed by atoms with E-state index in [1.807, 2.05) is 29.6 Å². The molecule has 6 nitrogen and oxygen atoms in total. The van der Waals surface area contributed by atoms with E-state index in [1.54, 1.807) is 0 Å². The van der Waals surface area contributed by atoms with Gasteiger partial charge >= 0.3 is 5.97 Å². The molecule has 0 spiro atoms. The summed E-state index contributed by atoms with van der Waals surface area (Å²) in [4.78, 5) is 19.8. The minimum absolute atomic E-state index is 0.239. The van der Waals surface area contributed by atoms with Crippen LogP contribution in [0.2, 0.25) is 0 Å². The number of phenols is 1. The summed E-state index contributed by atoms with van der Waals surface area (Å²) >= 11 is 4.75. The van der Waals surface area contributed by atoms with Gasteiger partial charge < -0.3 is 10.2 Å². The Hall–Kier alpha value is -3.06. The molecule has 0 saturated carbocycles. The average Bonchev–Trinajstić information content (AvgIpc) is 3.14. The second kappa shape index (κ2) is 8.09. The monoisotopic (exact) mass is 441 g/mol. The van der Waals surface area contributed by atoms with Crippen molar-refractivity contribution in [1.29, 1.82) is 5.41 Å². The number of nitrogens with zero attached hydrogens (tertiary/aromatic N) is 2. The van der Waals surface area contributed by atoms with Gasteiger partial charge in [-0.2, -0.15) is 0 Å². The first kappa shape index (κ1) is 18.7. The van der Waals surface area contributed by atoms with E-state index in [0.717, 1.165) is 15.7 Å². The zero-order valence-corrected chi connectivity index (χ0v) is 16.1. The molecule has 0 radical (unpaired) electrons. The molecule has 1 heterocycles. The third-order valence-corrected chi connectivity index (χ3v) is 4.97. The zero-order chi connectivity index (χ0) is 19.4. The second-order valence-corrected chi connectivity index (χ2v) is 7.12. The number of rotatable bonds is 5. The standard InChI is InChI=1S/C19H12BrN3O3S/c20-13-3-1-11(2-4-13)16-10-27-18(23-16)12(8-21)9-22-14-5-6-17(24)15(7-14)19(25)26/h1-7,9-10,21,24H,(H,25,26). The fraction of sp³-hybridized carbons (Fsp3) is 0. The largest absolute Gasteiger partial charge is 0.507 e. The van der Waals surface area contributed by atoms with Crippen molar-refractivity contribution in [3.63, 3.8) is 0 Å². The van der Waals surface area contributed by atoms with Crippen LogP contribution in [-0.4, -0.2) is 33.3 Å². The molecular weight excluding hydrogens is 430 g/mol. The van der Waals surface area contributed by atoms with E-state index in [1.165, 1.54) is 35.8 Å². The molecule has 3 rings (SSSR count). The lowest BCUT2D eigenvalue weighted by Gasteiger charge is -2.00. The Kier molecular flexibility index (Phi) is 5.61. The van der Waals surface area contributed by atoms with Crippen molar-refractivity contribution in [3.8, 4) is 17.0 Å². The van der Waals surface area contributed by atoms with Gasteiger partial charge in [0, 0.05) is 21.6 Å². The number of thiazole rings is 1.